The molecule has 0 spiro atoms. The number of benzene rings is 6. The van der Waals surface area contributed by atoms with Crippen LogP contribution in [0.3, 0.4) is 0 Å². The summed E-state index contributed by atoms with van der Waals surface area (Å²) in [5.74, 6) is 1.91. The molecular weight excluding hydrogens is 559 g/mol. The van der Waals surface area contributed by atoms with Crippen LogP contribution in [0.15, 0.2) is 144 Å². The van der Waals surface area contributed by atoms with Gasteiger partial charge in [-0.2, -0.15) is 0 Å². The van der Waals surface area contributed by atoms with Gasteiger partial charge in [-0.1, -0.05) is 103 Å². The highest BCUT2D eigenvalue weighted by Crippen LogP contribution is 2.40. The standard InChI is InChI=1S/C39H23N3OS/c1-3-10-24(11-4-1)26-18-20-28-29-21-19-27(23-34(29)43-33(28)22-26)38-40-37(25-12-5-2-6-13-25)41-39(42-38)32-16-9-15-31-30-14-7-8-17-35(30)44-36(31)32/h1-23H. The van der Waals surface area contributed by atoms with Gasteiger partial charge in [-0.25, -0.2) is 15.0 Å². The zero-order valence-corrected chi connectivity index (χ0v) is 24.3. The van der Waals surface area contributed by atoms with Crippen molar-refractivity contribution in [3.05, 3.63) is 140 Å². The van der Waals surface area contributed by atoms with Crippen molar-refractivity contribution in [1.29, 1.82) is 0 Å². The Balaban J connectivity index is 1.22. The van der Waals surface area contributed by atoms with Crippen LogP contribution in [0.2, 0.25) is 0 Å². The SMILES string of the molecule is c1ccc(-c2ccc3c(c2)oc2cc(-c4nc(-c5ccccc5)nc(-c5cccc6c5sc5ccccc56)n4)ccc23)cc1. The molecule has 9 rings (SSSR count). The molecule has 4 nitrogen and oxygen atoms in total. The lowest BCUT2D eigenvalue weighted by atomic mass is 10.0. The molecule has 0 saturated heterocycles. The van der Waals surface area contributed by atoms with Crippen LogP contribution in [0.25, 0.3) is 87.4 Å². The van der Waals surface area contributed by atoms with Crippen LogP contribution in [0.1, 0.15) is 0 Å². The van der Waals surface area contributed by atoms with Gasteiger partial charge in [-0.15, -0.1) is 11.3 Å². The lowest BCUT2D eigenvalue weighted by molar-refractivity contribution is 0.669. The van der Waals surface area contributed by atoms with Crippen LogP contribution in [-0.2, 0) is 0 Å². The van der Waals surface area contributed by atoms with Crippen LogP contribution >= 0.6 is 11.3 Å². The molecule has 0 aliphatic rings. The van der Waals surface area contributed by atoms with Gasteiger partial charge in [0.2, 0.25) is 0 Å². The van der Waals surface area contributed by atoms with Gasteiger partial charge in [-0.05, 0) is 47.5 Å². The van der Waals surface area contributed by atoms with E-state index in [1.54, 1.807) is 11.3 Å². The number of hydrogen-bond donors (Lipinski definition) is 0. The Morgan fingerprint density at radius 3 is 1.77 bits per heavy atom. The van der Waals surface area contributed by atoms with E-state index in [1.807, 2.05) is 42.5 Å². The Bertz CT molecular complexity index is 2500. The first-order chi connectivity index (χ1) is 21.8. The largest absolute Gasteiger partial charge is 0.456 e. The number of aromatic nitrogens is 3. The van der Waals surface area contributed by atoms with Crippen molar-refractivity contribution in [2.45, 2.75) is 0 Å². The van der Waals surface area contributed by atoms with Crippen LogP contribution in [0.5, 0.6) is 0 Å². The quantitative estimate of drug-likeness (QED) is 0.207. The van der Waals surface area contributed by atoms with Gasteiger partial charge in [0.25, 0.3) is 0 Å². The minimum Gasteiger partial charge on any atom is -0.456 e. The molecule has 0 unspecified atom stereocenters. The Morgan fingerprint density at radius 2 is 1.00 bits per heavy atom. The van der Waals surface area contributed by atoms with Crippen LogP contribution in [-0.4, -0.2) is 15.0 Å². The zero-order valence-electron chi connectivity index (χ0n) is 23.4. The molecule has 0 saturated carbocycles. The van der Waals surface area contributed by atoms with Gasteiger partial charge in [-0.3, -0.25) is 0 Å². The second-order valence-electron chi connectivity index (χ2n) is 10.8. The monoisotopic (exact) mass is 581 g/mol. The van der Waals surface area contributed by atoms with Crippen molar-refractivity contribution in [2.24, 2.45) is 0 Å². The summed E-state index contributed by atoms with van der Waals surface area (Å²) < 4.78 is 8.85. The summed E-state index contributed by atoms with van der Waals surface area (Å²) in [5, 5.41) is 4.61. The number of thiophene rings is 1. The maximum atomic E-state index is 6.43. The zero-order chi connectivity index (χ0) is 29.0. The highest BCUT2D eigenvalue weighted by atomic mass is 32.1. The molecule has 0 aliphatic carbocycles. The van der Waals surface area contributed by atoms with Gasteiger partial charge >= 0.3 is 0 Å². The molecule has 0 aliphatic heterocycles. The molecule has 0 bridgehead atoms. The molecule has 0 amide bonds. The highest BCUT2D eigenvalue weighted by molar-refractivity contribution is 7.26. The van der Waals surface area contributed by atoms with E-state index in [9.17, 15) is 0 Å². The summed E-state index contributed by atoms with van der Waals surface area (Å²) in [7, 11) is 0. The first-order valence-electron chi connectivity index (χ1n) is 14.5. The predicted molar refractivity (Wildman–Crippen MR) is 182 cm³/mol. The summed E-state index contributed by atoms with van der Waals surface area (Å²) in [5.41, 5.74) is 6.78. The summed E-state index contributed by atoms with van der Waals surface area (Å²) in [6.07, 6.45) is 0. The summed E-state index contributed by atoms with van der Waals surface area (Å²) in [6, 6.07) is 48.0. The number of furan rings is 1. The number of nitrogens with zero attached hydrogens (tertiary/aromatic N) is 3. The van der Waals surface area contributed by atoms with Crippen LogP contribution in [0.4, 0.5) is 0 Å². The van der Waals surface area contributed by atoms with Crippen molar-refractivity contribution < 1.29 is 4.42 Å². The van der Waals surface area contributed by atoms with E-state index in [0.717, 1.165) is 49.8 Å². The lowest BCUT2D eigenvalue weighted by Crippen LogP contribution is -2.00. The Kier molecular flexibility index (Phi) is 5.64. The molecule has 6 aromatic carbocycles. The van der Waals surface area contributed by atoms with Gasteiger partial charge in [0.15, 0.2) is 17.5 Å². The number of fused-ring (bicyclic) bond motifs is 6. The maximum absolute atomic E-state index is 6.43. The fraction of sp³-hybridized carbons (Fsp3) is 0. The molecule has 44 heavy (non-hydrogen) atoms. The third-order valence-corrected chi connectivity index (χ3v) is 9.37. The summed E-state index contributed by atoms with van der Waals surface area (Å²) >= 11 is 1.77. The van der Waals surface area contributed by atoms with E-state index in [1.165, 1.54) is 20.2 Å². The van der Waals surface area contributed by atoms with Gasteiger partial charge in [0, 0.05) is 47.6 Å². The average Bonchev–Trinajstić information content (AvgIpc) is 3.66. The molecule has 3 aromatic heterocycles. The smallest absolute Gasteiger partial charge is 0.165 e. The molecule has 0 fully saturated rings. The van der Waals surface area contributed by atoms with Crippen molar-refractivity contribution in [1.82, 2.24) is 15.0 Å². The Hall–Kier alpha value is -5.65. The first kappa shape index (κ1) is 24.9. The van der Waals surface area contributed by atoms with Gasteiger partial charge in [0.05, 0.1) is 0 Å². The maximum Gasteiger partial charge on any atom is 0.165 e. The van der Waals surface area contributed by atoms with E-state index in [2.05, 4.69) is 97.1 Å². The third-order valence-electron chi connectivity index (χ3n) is 8.15. The van der Waals surface area contributed by atoms with E-state index in [-0.39, 0.29) is 0 Å². The molecule has 0 N–H and O–H groups in total. The van der Waals surface area contributed by atoms with Gasteiger partial charge < -0.3 is 4.42 Å². The van der Waals surface area contributed by atoms with Crippen molar-refractivity contribution >= 4 is 53.4 Å². The minimum atomic E-state index is 0.610. The predicted octanol–water partition coefficient (Wildman–Crippen LogP) is 10.8. The molecule has 0 atom stereocenters. The molecule has 206 valence electrons. The second-order valence-corrected chi connectivity index (χ2v) is 11.9. The second kappa shape index (κ2) is 9.97. The van der Waals surface area contributed by atoms with E-state index >= 15 is 0 Å². The van der Waals surface area contributed by atoms with Crippen LogP contribution < -0.4 is 0 Å². The molecule has 5 heteroatoms. The van der Waals surface area contributed by atoms with E-state index < -0.39 is 0 Å². The van der Waals surface area contributed by atoms with E-state index in [4.69, 9.17) is 19.4 Å². The Labute approximate surface area is 256 Å². The Morgan fingerprint density at radius 1 is 0.409 bits per heavy atom. The van der Waals surface area contributed by atoms with Crippen molar-refractivity contribution in [3.63, 3.8) is 0 Å². The fourth-order valence-electron chi connectivity index (χ4n) is 5.99. The number of hydrogen-bond acceptors (Lipinski definition) is 5. The average molecular weight is 582 g/mol. The fourth-order valence-corrected chi connectivity index (χ4v) is 7.20. The molecule has 0 radical (unpaired) electrons. The minimum absolute atomic E-state index is 0.610. The summed E-state index contributed by atoms with van der Waals surface area (Å²) in [4.78, 5) is 15.1. The summed E-state index contributed by atoms with van der Waals surface area (Å²) in [6.45, 7) is 0. The van der Waals surface area contributed by atoms with Crippen molar-refractivity contribution in [2.75, 3.05) is 0 Å². The number of rotatable bonds is 4. The van der Waals surface area contributed by atoms with E-state index in [0.29, 0.717) is 17.5 Å². The van der Waals surface area contributed by atoms with Crippen LogP contribution in [0, 0.1) is 0 Å². The molecule has 3 heterocycles. The normalized spacial score (nSPS) is 11.6. The molecular formula is C39H23N3OS. The van der Waals surface area contributed by atoms with Gasteiger partial charge in [0.1, 0.15) is 11.2 Å². The third kappa shape index (κ3) is 4.09. The topological polar surface area (TPSA) is 51.8 Å². The molecule has 9 aromatic rings. The van der Waals surface area contributed by atoms with Crippen molar-refractivity contribution in [3.8, 4) is 45.3 Å². The first-order valence-corrected chi connectivity index (χ1v) is 15.3. The lowest BCUT2D eigenvalue weighted by Gasteiger charge is -2.09. The highest BCUT2D eigenvalue weighted by Gasteiger charge is 2.17.